The fourth-order valence-electron chi connectivity index (χ4n) is 4.06. The van der Waals surface area contributed by atoms with Crippen molar-refractivity contribution in [2.45, 2.75) is 44.5 Å². The predicted octanol–water partition coefficient (Wildman–Crippen LogP) is 1.72. The molecule has 1 amide bonds. The molecule has 3 rings (SSSR count). The number of likely N-dealkylation sites (tertiary alicyclic amines) is 1. The van der Waals surface area contributed by atoms with Gasteiger partial charge in [-0.15, -0.1) is 0 Å². The Morgan fingerprint density at radius 2 is 1.79 bits per heavy atom. The molecule has 1 aliphatic rings. The molecule has 0 radical (unpaired) electrons. The minimum atomic E-state index is -3.83. The summed E-state index contributed by atoms with van der Waals surface area (Å²) in [5.74, 6) is -0.801. The van der Waals surface area contributed by atoms with Crippen LogP contribution in [0.25, 0.3) is 0 Å². The molecule has 34 heavy (non-hydrogen) atoms. The first-order chi connectivity index (χ1) is 16.1. The number of amides is 1. The number of hydrogen-bond acceptors (Lipinski definition) is 6. The van der Waals surface area contributed by atoms with Crippen LogP contribution in [-0.2, 0) is 31.8 Å². The molecule has 9 heteroatoms. The normalized spacial score (nSPS) is 17.7. The maximum absolute atomic E-state index is 13.0. The predicted molar refractivity (Wildman–Crippen MR) is 133 cm³/mol. The third-order valence-electron chi connectivity index (χ3n) is 5.83. The highest BCUT2D eigenvalue weighted by atomic mass is 32.2. The number of benzene rings is 2. The lowest BCUT2D eigenvalue weighted by Gasteiger charge is -2.22. The first kappa shape index (κ1) is 25.9. The third kappa shape index (κ3) is 7.65. The minimum absolute atomic E-state index is 0.0652. The van der Waals surface area contributed by atoms with Gasteiger partial charge in [-0.25, -0.2) is 13.1 Å². The van der Waals surface area contributed by atoms with Gasteiger partial charge in [0.2, 0.25) is 15.9 Å². The Labute approximate surface area is 202 Å². The van der Waals surface area contributed by atoms with Gasteiger partial charge in [0.25, 0.3) is 0 Å². The highest BCUT2D eigenvalue weighted by Gasteiger charge is 2.34. The highest BCUT2D eigenvalue weighted by molar-refractivity contribution is 7.88. The van der Waals surface area contributed by atoms with Crippen LogP contribution in [0.15, 0.2) is 54.6 Å². The van der Waals surface area contributed by atoms with Crippen LogP contribution in [0.1, 0.15) is 31.4 Å². The van der Waals surface area contributed by atoms with Gasteiger partial charge >= 0.3 is 0 Å². The summed E-state index contributed by atoms with van der Waals surface area (Å²) in [4.78, 5) is 27.6. The van der Waals surface area contributed by atoms with E-state index in [-0.39, 0.29) is 24.0 Å². The molecule has 0 aromatic heterocycles. The Kier molecular flexibility index (Phi) is 8.82. The maximum atomic E-state index is 13.0. The molecule has 2 aromatic carbocycles. The zero-order valence-corrected chi connectivity index (χ0v) is 20.6. The molecule has 1 aliphatic heterocycles. The fraction of sp³-hybridized carbons (Fsp3) is 0.440. The topological polar surface area (TPSA) is 122 Å². The van der Waals surface area contributed by atoms with Gasteiger partial charge in [-0.2, -0.15) is 0 Å². The van der Waals surface area contributed by atoms with Crippen LogP contribution < -0.4 is 15.8 Å². The van der Waals surface area contributed by atoms with Crippen LogP contribution in [-0.4, -0.2) is 56.7 Å². The number of carbonyl (C=O) groups excluding carboxylic acids is 2. The van der Waals surface area contributed by atoms with E-state index in [1.807, 2.05) is 49.1 Å². The van der Waals surface area contributed by atoms with E-state index in [0.717, 1.165) is 6.42 Å². The van der Waals surface area contributed by atoms with Crippen molar-refractivity contribution in [2.24, 2.45) is 5.92 Å². The van der Waals surface area contributed by atoms with E-state index in [1.165, 1.54) is 5.56 Å². The number of para-hydroxylation sites is 1. The van der Waals surface area contributed by atoms with Crippen LogP contribution in [0.3, 0.4) is 0 Å². The Balaban J connectivity index is 1.60. The van der Waals surface area contributed by atoms with E-state index in [1.54, 1.807) is 24.3 Å². The molecule has 1 fully saturated rings. The monoisotopic (exact) mass is 486 g/mol. The van der Waals surface area contributed by atoms with Crippen LogP contribution >= 0.6 is 0 Å². The first-order valence-corrected chi connectivity index (χ1v) is 13.2. The lowest BCUT2D eigenvalue weighted by Crippen LogP contribution is -2.52. The summed E-state index contributed by atoms with van der Waals surface area (Å²) in [7, 11) is -3.83. The lowest BCUT2D eigenvalue weighted by atomic mass is 10.0. The van der Waals surface area contributed by atoms with Crippen molar-refractivity contribution in [3.63, 3.8) is 0 Å². The summed E-state index contributed by atoms with van der Waals surface area (Å²) in [6.45, 7) is 5.22. The van der Waals surface area contributed by atoms with E-state index in [0.29, 0.717) is 30.8 Å². The number of anilines is 1. The van der Waals surface area contributed by atoms with Gasteiger partial charge in [-0.05, 0) is 36.0 Å². The average molecular weight is 487 g/mol. The summed E-state index contributed by atoms with van der Waals surface area (Å²) < 4.78 is 28.1. The highest BCUT2D eigenvalue weighted by Crippen LogP contribution is 2.16. The molecular formula is C25H34N4O4S. The van der Waals surface area contributed by atoms with Gasteiger partial charge in [0.05, 0.1) is 12.3 Å². The molecule has 1 unspecified atom stereocenters. The number of hydrogen-bond donors (Lipinski definition) is 3. The molecule has 1 saturated heterocycles. The summed E-state index contributed by atoms with van der Waals surface area (Å²) in [5, 5.41) is 2.78. The van der Waals surface area contributed by atoms with Crippen molar-refractivity contribution in [3.8, 4) is 0 Å². The van der Waals surface area contributed by atoms with Gasteiger partial charge in [0.1, 0.15) is 12.1 Å². The molecule has 2 atom stereocenters. The summed E-state index contributed by atoms with van der Waals surface area (Å²) in [5.41, 5.74) is 7.92. The lowest BCUT2D eigenvalue weighted by molar-refractivity contribution is -0.127. The zero-order valence-electron chi connectivity index (χ0n) is 19.7. The quantitative estimate of drug-likeness (QED) is 0.416. The van der Waals surface area contributed by atoms with Gasteiger partial charge in [0, 0.05) is 18.8 Å². The van der Waals surface area contributed by atoms with Crippen LogP contribution in [0.4, 0.5) is 5.69 Å². The number of nitrogen functional groups attached to an aromatic ring is 1. The zero-order chi connectivity index (χ0) is 24.7. The number of sulfonamides is 1. The average Bonchev–Trinajstić information content (AvgIpc) is 3.12. The number of carbonyl (C=O) groups is 2. The molecule has 4 N–H and O–H groups in total. The van der Waals surface area contributed by atoms with Crippen molar-refractivity contribution in [1.82, 2.24) is 14.9 Å². The number of nitrogens with two attached hydrogens (primary N) is 1. The van der Waals surface area contributed by atoms with Crippen LogP contribution in [0.5, 0.6) is 0 Å². The molecule has 8 nitrogen and oxygen atoms in total. The molecule has 0 spiro atoms. The standard InChI is InChI=1S/C25H34N4O4S/c1-18(2)14-22(28-34(32,33)17-20-10-6-7-11-21(20)26)25(31)27-23-15-29(16-24(23)30)13-12-19-8-4-3-5-9-19/h3-11,18,22-23,28H,12-17,26H2,1-2H3,(H,27,31)/t22-,23?/m0/s1. The van der Waals surface area contributed by atoms with E-state index < -0.39 is 28.0 Å². The molecule has 0 aliphatic carbocycles. The summed E-state index contributed by atoms with van der Waals surface area (Å²) in [6.07, 6.45) is 1.13. The molecule has 2 aromatic rings. The Bertz CT molecular complexity index is 1090. The number of nitrogens with zero attached hydrogens (tertiary/aromatic N) is 1. The van der Waals surface area contributed by atoms with Gasteiger partial charge in [-0.3, -0.25) is 14.5 Å². The van der Waals surface area contributed by atoms with Crippen molar-refractivity contribution < 1.29 is 18.0 Å². The van der Waals surface area contributed by atoms with Gasteiger partial charge in [0.15, 0.2) is 5.78 Å². The number of Topliss-reactive ketones (excluding diaryl/α,β-unsaturated/α-hetero) is 1. The van der Waals surface area contributed by atoms with Crippen LogP contribution in [0.2, 0.25) is 0 Å². The summed E-state index contributed by atoms with van der Waals surface area (Å²) >= 11 is 0. The summed E-state index contributed by atoms with van der Waals surface area (Å²) in [6, 6.07) is 15.1. The number of ketones is 1. The van der Waals surface area contributed by atoms with Crippen LogP contribution in [0, 0.1) is 5.92 Å². The second-order valence-electron chi connectivity index (χ2n) is 9.26. The molecule has 0 bridgehead atoms. The van der Waals surface area contributed by atoms with E-state index >= 15 is 0 Å². The van der Waals surface area contributed by atoms with E-state index in [4.69, 9.17) is 5.73 Å². The molecular weight excluding hydrogens is 452 g/mol. The maximum Gasteiger partial charge on any atom is 0.238 e. The largest absolute Gasteiger partial charge is 0.398 e. The van der Waals surface area contributed by atoms with E-state index in [2.05, 4.69) is 10.0 Å². The van der Waals surface area contributed by atoms with Crippen molar-refractivity contribution >= 4 is 27.4 Å². The Morgan fingerprint density at radius 1 is 1.12 bits per heavy atom. The van der Waals surface area contributed by atoms with E-state index in [9.17, 15) is 18.0 Å². The Hall–Kier alpha value is -2.75. The van der Waals surface area contributed by atoms with Gasteiger partial charge < -0.3 is 11.1 Å². The number of rotatable bonds is 11. The second-order valence-corrected chi connectivity index (χ2v) is 11.0. The fourth-order valence-corrected chi connectivity index (χ4v) is 5.46. The molecule has 184 valence electrons. The SMILES string of the molecule is CC(C)C[C@H](NS(=O)(=O)Cc1ccccc1N)C(=O)NC1CN(CCc2ccccc2)CC1=O. The molecule has 0 saturated carbocycles. The molecule has 1 heterocycles. The van der Waals surface area contributed by atoms with Crippen molar-refractivity contribution in [2.75, 3.05) is 25.4 Å². The van der Waals surface area contributed by atoms with Crippen molar-refractivity contribution in [3.05, 3.63) is 65.7 Å². The second kappa shape index (κ2) is 11.6. The third-order valence-corrected chi connectivity index (χ3v) is 7.17. The number of nitrogens with one attached hydrogen (secondary N) is 2. The van der Waals surface area contributed by atoms with Gasteiger partial charge in [-0.1, -0.05) is 62.4 Å². The minimum Gasteiger partial charge on any atom is -0.398 e. The Morgan fingerprint density at radius 3 is 2.47 bits per heavy atom. The smallest absolute Gasteiger partial charge is 0.238 e. The first-order valence-electron chi connectivity index (χ1n) is 11.6. The van der Waals surface area contributed by atoms with Crippen molar-refractivity contribution in [1.29, 1.82) is 0 Å².